The predicted octanol–water partition coefficient (Wildman–Crippen LogP) is 0.845. The molecule has 3 N–H and O–H groups in total. The minimum absolute atomic E-state index is 0.0871. The molecule has 2 aliphatic heterocycles. The number of imide groups is 1. The Hall–Kier alpha value is -2.48. The molecule has 1 aromatic rings. The zero-order valence-electron chi connectivity index (χ0n) is 14.2. The molecule has 0 aromatic heterocycles. The maximum atomic E-state index is 14.4. The molecule has 1 aromatic carbocycles. The Balaban J connectivity index is 1.56. The van der Waals surface area contributed by atoms with Crippen LogP contribution in [0.25, 0.3) is 0 Å². The summed E-state index contributed by atoms with van der Waals surface area (Å²) in [4.78, 5) is 37.4. The summed E-state index contributed by atoms with van der Waals surface area (Å²) in [6.07, 6.45) is 2.79. The third-order valence-electron chi connectivity index (χ3n) is 5.36. The van der Waals surface area contributed by atoms with Crippen molar-refractivity contribution in [1.82, 2.24) is 10.2 Å². The Bertz CT molecular complexity index is 797. The third-order valence-corrected chi connectivity index (χ3v) is 5.36. The quantitative estimate of drug-likeness (QED) is 0.777. The second-order valence-corrected chi connectivity index (χ2v) is 7.09. The summed E-state index contributed by atoms with van der Waals surface area (Å²) in [7, 11) is 0. The molecule has 0 bridgehead atoms. The second-order valence-electron chi connectivity index (χ2n) is 7.09. The SMILES string of the molecule is N[C@H]1CCC[C@H]1Oc1cc2c(cc1F)C(=O)N(C1CCC(=O)NC1=O)C2. The van der Waals surface area contributed by atoms with Gasteiger partial charge in [-0.05, 0) is 43.4 Å². The van der Waals surface area contributed by atoms with Crippen molar-refractivity contribution >= 4 is 17.7 Å². The molecule has 3 atom stereocenters. The Morgan fingerprint density at radius 1 is 1.19 bits per heavy atom. The molecule has 4 rings (SSSR count). The maximum Gasteiger partial charge on any atom is 0.255 e. The minimum atomic E-state index is -0.719. The van der Waals surface area contributed by atoms with Gasteiger partial charge in [-0.1, -0.05) is 0 Å². The summed E-state index contributed by atoms with van der Waals surface area (Å²) in [5, 5.41) is 2.25. The van der Waals surface area contributed by atoms with Gasteiger partial charge in [-0.15, -0.1) is 0 Å². The zero-order chi connectivity index (χ0) is 18.4. The second kappa shape index (κ2) is 6.35. The van der Waals surface area contributed by atoms with Crippen molar-refractivity contribution in [2.45, 2.75) is 56.8 Å². The molecule has 138 valence electrons. The van der Waals surface area contributed by atoms with Crippen LogP contribution in [0.5, 0.6) is 5.75 Å². The number of nitrogens with one attached hydrogen (secondary N) is 1. The highest BCUT2D eigenvalue weighted by Gasteiger charge is 2.40. The summed E-state index contributed by atoms with van der Waals surface area (Å²) in [6, 6.07) is 1.85. The van der Waals surface area contributed by atoms with Crippen LogP contribution in [0.1, 0.15) is 48.0 Å². The predicted molar refractivity (Wildman–Crippen MR) is 88.7 cm³/mol. The van der Waals surface area contributed by atoms with Crippen LogP contribution in [-0.4, -0.2) is 40.8 Å². The van der Waals surface area contributed by atoms with Gasteiger partial charge in [0.15, 0.2) is 11.6 Å². The van der Waals surface area contributed by atoms with Crippen LogP contribution in [0, 0.1) is 5.82 Å². The van der Waals surface area contributed by atoms with E-state index in [1.165, 1.54) is 17.0 Å². The number of halogens is 1. The van der Waals surface area contributed by atoms with Gasteiger partial charge in [-0.2, -0.15) is 0 Å². The number of carbonyl (C=O) groups excluding carboxylic acids is 3. The van der Waals surface area contributed by atoms with Crippen molar-refractivity contribution in [1.29, 1.82) is 0 Å². The maximum absolute atomic E-state index is 14.4. The van der Waals surface area contributed by atoms with Gasteiger partial charge in [0.05, 0.1) is 0 Å². The van der Waals surface area contributed by atoms with Gasteiger partial charge in [0.2, 0.25) is 11.8 Å². The molecule has 0 spiro atoms. The molecule has 26 heavy (non-hydrogen) atoms. The van der Waals surface area contributed by atoms with E-state index in [1.807, 2.05) is 0 Å². The van der Waals surface area contributed by atoms with Crippen molar-refractivity contribution < 1.29 is 23.5 Å². The van der Waals surface area contributed by atoms with E-state index in [0.717, 1.165) is 19.3 Å². The number of nitrogens with zero attached hydrogens (tertiary/aromatic N) is 1. The standard InChI is InChI=1S/C18H20FN3O4/c19-11-7-10-9(6-15(11)26-14-3-1-2-12(14)20)8-22(18(10)25)13-4-5-16(23)21-17(13)24/h6-7,12-14H,1-5,8,20H2,(H,21,23,24)/t12-,13?,14+/m0/s1. The number of amides is 3. The number of ether oxygens (including phenoxy) is 1. The molecule has 3 aliphatic rings. The largest absolute Gasteiger partial charge is 0.486 e. The van der Waals surface area contributed by atoms with E-state index < -0.39 is 23.7 Å². The number of rotatable bonds is 3. The molecule has 3 amide bonds. The summed E-state index contributed by atoms with van der Waals surface area (Å²) < 4.78 is 20.2. The van der Waals surface area contributed by atoms with Crippen molar-refractivity contribution in [3.63, 3.8) is 0 Å². The zero-order valence-corrected chi connectivity index (χ0v) is 14.2. The number of fused-ring (bicyclic) bond motifs is 1. The molecule has 7 nitrogen and oxygen atoms in total. The van der Waals surface area contributed by atoms with E-state index in [9.17, 15) is 18.8 Å². The van der Waals surface area contributed by atoms with Crippen LogP contribution in [0.4, 0.5) is 4.39 Å². The van der Waals surface area contributed by atoms with E-state index in [2.05, 4.69) is 5.32 Å². The smallest absolute Gasteiger partial charge is 0.255 e. The van der Waals surface area contributed by atoms with Crippen LogP contribution in [0.3, 0.4) is 0 Å². The molecule has 2 heterocycles. The third kappa shape index (κ3) is 2.84. The van der Waals surface area contributed by atoms with Crippen molar-refractivity contribution in [3.8, 4) is 5.75 Å². The van der Waals surface area contributed by atoms with Gasteiger partial charge in [-0.25, -0.2) is 4.39 Å². The fourth-order valence-electron chi connectivity index (χ4n) is 3.92. The topological polar surface area (TPSA) is 102 Å². The fourth-order valence-corrected chi connectivity index (χ4v) is 3.92. The minimum Gasteiger partial charge on any atom is -0.486 e. The lowest BCUT2D eigenvalue weighted by molar-refractivity contribution is -0.136. The summed E-state index contributed by atoms with van der Waals surface area (Å²) >= 11 is 0. The Morgan fingerprint density at radius 3 is 2.69 bits per heavy atom. The molecule has 1 saturated heterocycles. The number of hydrogen-bond acceptors (Lipinski definition) is 5. The van der Waals surface area contributed by atoms with Gasteiger partial charge >= 0.3 is 0 Å². The highest BCUT2D eigenvalue weighted by Crippen LogP contribution is 2.33. The van der Waals surface area contributed by atoms with E-state index >= 15 is 0 Å². The normalized spacial score (nSPS) is 28.3. The molecular formula is C18H20FN3O4. The first-order valence-electron chi connectivity index (χ1n) is 8.83. The van der Waals surface area contributed by atoms with Crippen molar-refractivity contribution in [2.24, 2.45) is 5.73 Å². The van der Waals surface area contributed by atoms with Gasteiger partial charge < -0.3 is 15.4 Å². The Labute approximate surface area is 149 Å². The summed E-state index contributed by atoms with van der Waals surface area (Å²) in [5.41, 5.74) is 6.82. The average molecular weight is 361 g/mol. The van der Waals surface area contributed by atoms with Gasteiger partial charge in [0, 0.05) is 24.6 Å². The lowest BCUT2D eigenvalue weighted by Gasteiger charge is -2.29. The van der Waals surface area contributed by atoms with Crippen molar-refractivity contribution in [3.05, 3.63) is 29.1 Å². The van der Waals surface area contributed by atoms with Crippen molar-refractivity contribution in [2.75, 3.05) is 0 Å². The van der Waals surface area contributed by atoms with Crippen LogP contribution < -0.4 is 15.8 Å². The molecule has 0 radical (unpaired) electrons. The van der Waals surface area contributed by atoms with Crippen LogP contribution in [0.2, 0.25) is 0 Å². The molecule has 1 saturated carbocycles. The lowest BCUT2D eigenvalue weighted by Crippen LogP contribution is -2.52. The van der Waals surface area contributed by atoms with E-state index in [0.29, 0.717) is 5.56 Å². The first-order valence-corrected chi connectivity index (χ1v) is 8.83. The van der Waals surface area contributed by atoms with Gasteiger partial charge in [0.25, 0.3) is 5.91 Å². The first kappa shape index (κ1) is 17.0. The van der Waals surface area contributed by atoms with Gasteiger partial charge in [0.1, 0.15) is 12.1 Å². The van der Waals surface area contributed by atoms with E-state index in [1.54, 1.807) is 0 Å². The molecule has 2 fully saturated rings. The Kier molecular flexibility index (Phi) is 4.14. The van der Waals surface area contributed by atoms with Crippen LogP contribution in [-0.2, 0) is 16.1 Å². The monoisotopic (exact) mass is 361 g/mol. The summed E-state index contributed by atoms with van der Waals surface area (Å²) in [5.74, 6) is -1.76. The fraction of sp³-hybridized carbons (Fsp3) is 0.500. The molecule has 1 unspecified atom stereocenters. The van der Waals surface area contributed by atoms with E-state index in [-0.39, 0.29) is 48.8 Å². The number of nitrogens with two attached hydrogens (primary N) is 1. The number of hydrogen-bond donors (Lipinski definition) is 2. The molecule has 8 heteroatoms. The van der Waals surface area contributed by atoms with E-state index in [4.69, 9.17) is 10.5 Å². The number of piperidine rings is 1. The highest BCUT2D eigenvalue weighted by molar-refractivity contribution is 6.05. The average Bonchev–Trinajstić information content (AvgIpc) is 3.13. The van der Waals surface area contributed by atoms with Gasteiger partial charge in [-0.3, -0.25) is 19.7 Å². The summed E-state index contributed by atoms with van der Waals surface area (Å²) in [6.45, 7) is 0.188. The number of carbonyl (C=O) groups is 3. The van der Waals surface area contributed by atoms with Crippen LogP contribution in [0.15, 0.2) is 12.1 Å². The Morgan fingerprint density at radius 2 is 2.00 bits per heavy atom. The first-order chi connectivity index (χ1) is 12.4. The molecule has 1 aliphatic carbocycles. The number of benzene rings is 1. The van der Waals surface area contributed by atoms with Crippen LogP contribution >= 0.6 is 0 Å². The highest BCUT2D eigenvalue weighted by atomic mass is 19.1. The lowest BCUT2D eigenvalue weighted by atomic mass is 10.0. The molecular weight excluding hydrogens is 341 g/mol.